The Morgan fingerprint density at radius 3 is 2.12 bits per heavy atom. The monoisotopic (exact) mass is 353 g/mol. The Kier molecular flexibility index (Phi) is 6.28. The number of carbonyl (C=O) groups excluding carboxylic acids is 3. The summed E-state index contributed by atoms with van der Waals surface area (Å²) in [6, 6.07) is 11.5. The molecule has 0 unspecified atom stereocenters. The maximum Gasteiger partial charge on any atom is 0.224 e. The average molecular weight is 353 g/mol. The lowest BCUT2D eigenvalue weighted by Gasteiger charge is -2.12. The van der Waals surface area contributed by atoms with Crippen LogP contribution in [0.15, 0.2) is 42.5 Å². The first kappa shape index (κ1) is 19.4. The zero-order chi connectivity index (χ0) is 19.3. The van der Waals surface area contributed by atoms with Gasteiger partial charge in [0.2, 0.25) is 5.91 Å². The molecule has 136 valence electrons. The number of phenolic OH excluding ortho intramolecular Hbond substituents is 1. The molecular weight excluding hydrogens is 330 g/mol. The maximum absolute atomic E-state index is 12.3. The number of phenols is 1. The predicted molar refractivity (Wildman–Crippen MR) is 100 cm³/mol. The van der Waals surface area contributed by atoms with Crippen LogP contribution in [-0.2, 0) is 9.59 Å². The number of para-hydroxylation sites is 1. The van der Waals surface area contributed by atoms with E-state index in [0.29, 0.717) is 5.56 Å². The molecule has 2 N–H and O–H groups in total. The second-order valence-corrected chi connectivity index (χ2v) is 6.41. The summed E-state index contributed by atoms with van der Waals surface area (Å²) < 4.78 is 0. The van der Waals surface area contributed by atoms with Crippen molar-refractivity contribution in [2.24, 2.45) is 5.92 Å². The largest absolute Gasteiger partial charge is 0.508 e. The molecule has 2 aromatic rings. The smallest absolute Gasteiger partial charge is 0.224 e. The van der Waals surface area contributed by atoms with Crippen LogP contribution in [0.5, 0.6) is 5.75 Å². The van der Waals surface area contributed by atoms with E-state index in [1.54, 1.807) is 6.92 Å². The van der Waals surface area contributed by atoms with Crippen molar-refractivity contribution in [2.45, 2.75) is 33.6 Å². The number of Topliss-reactive ketones (excluding diaryl/α,β-unsaturated/α-hetero) is 2. The SMILES string of the molecule is Cc1cccc(C)c1NC(=O)CCC(=O)[C@@H](C)C(=O)c1ccc(O)cc1. The van der Waals surface area contributed by atoms with Gasteiger partial charge in [0.15, 0.2) is 5.78 Å². The molecular formula is C21H23NO4. The highest BCUT2D eigenvalue weighted by Crippen LogP contribution is 2.20. The summed E-state index contributed by atoms with van der Waals surface area (Å²) in [4.78, 5) is 36.7. The van der Waals surface area contributed by atoms with Crippen LogP contribution in [0.2, 0.25) is 0 Å². The fraction of sp³-hybridized carbons (Fsp3) is 0.286. The van der Waals surface area contributed by atoms with Crippen molar-refractivity contribution in [1.82, 2.24) is 0 Å². The van der Waals surface area contributed by atoms with Gasteiger partial charge in [0, 0.05) is 24.1 Å². The van der Waals surface area contributed by atoms with Crippen molar-refractivity contribution in [1.29, 1.82) is 0 Å². The minimum atomic E-state index is -0.826. The molecule has 0 aliphatic rings. The minimum Gasteiger partial charge on any atom is -0.508 e. The molecule has 5 heteroatoms. The van der Waals surface area contributed by atoms with Gasteiger partial charge in [0.25, 0.3) is 0 Å². The third-order valence-electron chi connectivity index (χ3n) is 4.37. The van der Waals surface area contributed by atoms with Crippen molar-refractivity contribution in [3.8, 4) is 5.75 Å². The molecule has 0 aliphatic carbocycles. The van der Waals surface area contributed by atoms with Crippen molar-refractivity contribution in [3.63, 3.8) is 0 Å². The zero-order valence-corrected chi connectivity index (χ0v) is 15.2. The highest BCUT2D eigenvalue weighted by Gasteiger charge is 2.23. The summed E-state index contributed by atoms with van der Waals surface area (Å²) in [6.07, 6.45) is 0.0293. The van der Waals surface area contributed by atoms with Gasteiger partial charge in [0.05, 0.1) is 5.92 Å². The van der Waals surface area contributed by atoms with Crippen LogP contribution in [0.1, 0.15) is 41.3 Å². The van der Waals surface area contributed by atoms with Gasteiger partial charge in [0.1, 0.15) is 11.5 Å². The second kappa shape index (κ2) is 8.43. The van der Waals surface area contributed by atoms with Crippen LogP contribution in [0.4, 0.5) is 5.69 Å². The van der Waals surface area contributed by atoms with Gasteiger partial charge in [-0.2, -0.15) is 0 Å². The Morgan fingerprint density at radius 2 is 1.54 bits per heavy atom. The Morgan fingerprint density at radius 1 is 0.962 bits per heavy atom. The molecule has 5 nitrogen and oxygen atoms in total. The number of hydrogen-bond donors (Lipinski definition) is 2. The van der Waals surface area contributed by atoms with Crippen molar-refractivity contribution >= 4 is 23.2 Å². The number of benzene rings is 2. The van der Waals surface area contributed by atoms with Gasteiger partial charge in [-0.25, -0.2) is 0 Å². The molecule has 26 heavy (non-hydrogen) atoms. The predicted octanol–water partition coefficient (Wildman–Crippen LogP) is 3.82. The van der Waals surface area contributed by atoms with E-state index in [4.69, 9.17) is 0 Å². The van der Waals surface area contributed by atoms with Crippen LogP contribution in [0.25, 0.3) is 0 Å². The zero-order valence-electron chi connectivity index (χ0n) is 15.2. The number of aryl methyl sites for hydroxylation is 2. The highest BCUT2D eigenvalue weighted by atomic mass is 16.3. The number of nitrogens with one attached hydrogen (secondary N) is 1. The average Bonchev–Trinajstić information content (AvgIpc) is 2.62. The number of rotatable bonds is 7. The van der Waals surface area contributed by atoms with Crippen LogP contribution < -0.4 is 5.32 Å². The molecule has 0 heterocycles. The van der Waals surface area contributed by atoms with E-state index in [9.17, 15) is 19.5 Å². The van der Waals surface area contributed by atoms with E-state index in [-0.39, 0.29) is 36.1 Å². The van der Waals surface area contributed by atoms with Crippen LogP contribution in [0, 0.1) is 19.8 Å². The first-order valence-corrected chi connectivity index (χ1v) is 8.51. The van der Waals surface area contributed by atoms with E-state index in [0.717, 1.165) is 16.8 Å². The van der Waals surface area contributed by atoms with Gasteiger partial charge >= 0.3 is 0 Å². The van der Waals surface area contributed by atoms with E-state index < -0.39 is 5.92 Å². The quantitative estimate of drug-likeness (QED) is 0.585. The molecule has 0 radical (unpaired) electrons. The molecule has 0 aromatic heterocycles. The summed E-state index contributed by atoms with van der Waals surface area (Å²) in [7, 11) is 0. The van der Waals surface area contributed by atoms with Gasteiger partial charge < -0.3 is 10.4 Å². The lowest BCUT2D eigenvalue weighted by Crippen LogP contribution is -2.23. The number of carbonyl (C=O) groups is 3. The summed E-state index contributed by atoms with van der Waals surface area (Å²) in [5.74, 6) is -1.61. The van der Waals surface area contributed by atoms with Gasteiger partial charge in [-0.15, -0.1) is 0 Å². The van der Waals surface area contributed by atoms with Crippen LogP contribution in [-0.4, -0.2) is 22.6 Å². The maximum atomic E-state index is 12.3. The molecule has 2 rings (SSSR count). The van der Waals surface area contributed by atoms with Crippen LogP contribution >= 0.6 is 0 Å². The Balaban J connectivity index is 1.92. The molecule has 2 aromatic carbocycles. The second-order valence-electron chi connectivity index (χ2n) is 6.41. The summed E-state index contributed by atoms with van der Waals surface area (Å²) in [5.41, 5.74) is 3.04. The van der Waals surface area contributed by atoms with E-state index >= 15 is 0 Å². The minimum absolute atomic E-state index is 0.00174. The third-order valence-corrected chi connectivity index (χ3v) is 4.37. The molecule has 0 bridgehead atoms. The topological polar surface area (TPSA) is 83.5 Å². The molecule has 0 fully saturated rings. The number of ketones is 2. The number of hydrogen-bond acceptors (Lipinski definition) is 4. The van der Waals surface area contributed by atoms with Crippen molar-refractivity contribution < 1.29 is 19.5 Å². The number of anilines is 1. The Bertz CT molecular complexity index is 804. The molecule has 0 aliphatic heterocycles. The number of amides is 1. The standard InChI is InChI=1S/C21H23NO4/c1-13-5-4-6-14(2)20(13)22-19(25)12-11-18(24)15(3)21(26)16-7-9-17(23)10-8-16/h4-10,15,23H,11-12H2,1-3H3,(H,22,25)/t15-/m1/s1. The summed E-state index contributed by atoms with van der Waals surface area (Å²) in [6.45, 7) is 5.36. The molecule has 0 saturated carbocycles. The van der Waals surface area contributed by atoms with E-state index in [2.05, 4.69) is 5.32 Å². The summed E-state index contributed by atoms with van der Waals surface area (Å²) in [5, 5.41) is 12.1. The van der Waals surface area contributed by atoms with Crippen LogP contribution in [0.3, 0.4) is 0 Å². The Hall–Kier alpha value is -2.95. The van der Waals surface area contributed by atoms with E-state index in [1.807, 2.05) is 32.0 Å². The van der Waals surface area contributed by atoms with Crippen molar-refractivity contribution in [2.75, 3.05) is 5.32 Å². The number of aromatic hydroxyl groups is 1. The lowest BCUT2D eigenvalue weighted by atomic mass is 9.93. The van der Waals surface area contributed by atoms with Crippen molar-refractivity contribution in [3.05, 3.63) is 59.2 Å². The first-order chi connectivity index (χ1) is 12.3. The molecule has 0 spiro atoms. The normalized spacial score (nSPS) is 11.7. The van der Waals surface area contributed by atoms with Gasteiger partial charge in [-0.05, 0) is 56.2 Å². The summed E-state index contributed by atoms with van der Waals surface area (Å²) >= 11 is 0. The fourth-order valence-electron chi connectivity index (χ4n) is 2.69. The molecule has 1 amide bonds. The first-order valence-electron chi connectivity index (χ1n) is 8.51. The fourth-order valence-corrected chi connectivity index (χ4v) is 2.69. The third kappa shape index (κ3) is 4.79. The highest BCUT2D eigenvalue weighted by molar-refractivity contribution is 6.11. The van der Waals surface area contributed by atoms with Gasteiger partial charge in [-0.3, -0.25) is 14.4 Å². The molecule has 0 saturated heterocycles. The molecule has 1 atom stereocenters. The van der Waals surface area contributed by atoms with Gasteiger partial charge in [-0.1, -0.05) is 18.2 Å². The van der Waals surface area contributed by atoms with E-state index in [1.165, 1.54) is 24.3 Å². The lowest BCUT2D eigenvalue weighted by molar-refractivity contribution is -0.124. The Labute approximate surface area is 153 Å².